The summed E-state index contributed by atoms with van der Waals surface area (Å²) in [4.78, 5) is 12.0. The molecule has 25 heavy (non-hydrogen) atoms. The van der Waals surface area contributed by atoms with E-state index in [4.69, 9.17) is 26.4 Å². The summed E-state index contributed by atoms with van der Waals surface area (Å²) in [5.74, 6) is 0.398. The lowest BCUT2D eigenvalue weighted by Crippen LogP contribution is -2.28. The Balaban J connectivity index is 2.18. The van der Waals surface area contributed by atoms with E-state index in [-0.39, 0.29) is 0 Å². The maximum Gasteiger partial charge on any atom is 0.340 e. The van der Waals surface area contributed by atoms with Gasteiger partial charge in [0, 0.05) is 18.7 Å². The van der Waals surface area contributed by atoms with Crippen molar-refractivity contribution >= 4 is 29.0 Å². The van der Waals surface area contributed by atoms with Crippen LogP contribution >= 0.6 is 12.2 Å². The zero-order valence-electron chi connectivity index (χ0n) is 14.3. The second kappa shape index (κ2) is 8.89. The molecular weight excluding hydrogens is 340 g/mol. The van der Waals surface area contributed by atoms with Crippen molar-refractivity contribution in [3.8, 4) is 11.5 Å². The van der Waals surface area contributed by atoms with Crippen molar-refractivity contribution in [1.29, 1.82) is 0 Å². The zero-order chi connectivity index (χ0) is 18.2. The second-order valence-corrected chi connectivity index (χ2v) is 5.45. The van der Waals surface area contributed by atoms with Gasteiger partial charge < -0.3 is 24.8 Å². The van der Waals surface area contributed by atoms with Crippen molar-refractivity contribution in [3.63, 3.8) is 0 Å². The molecule has 0 spiro atoms. The average molecular weight is 360 g/mol. The lowest BCUT2D eigenvalue weighted by Gasteiger charge is -2.16. The Bertz CT molecular complexity index is 750. The maximum atomic E-state index is 12.0. The number of hydrogen-bond acceptors (Lipinski definition) is 5. The molecule has 0 fully saturated rings. The van der Waals surface area contributed by atoms with Gasteiger partial charge in [0.25, 0.3) is 0 Å². The molecule has 0 radical (unpaired) electrons. The van der Waals surface area contributed by atoms with E-state index in [1.165, 1.54) is 21.3 Å². The second-order valence-electron chi connectivity index (χ2n) is 5.04. The summed E-state index contributed by atoms with van der Waals surface area (Å²) in [6.45, 7) is 0.563. The van der Waals surface area contributed by atoms with Crippen LogP contribution in [0.2, 0.25) is 0 Å². The summed E-state index contributed by atoms with van der Waals surface area (Å²) in [5, 5.41) is 6.48. The molecule has 0 heterocycles. The first-order chi connectivity index (χ1) is 12.1. The van der Waals surface area contributed by atoms with Crippen molar-refractivity contribution < 1.29 is 19.0 Å². The van der Waals surface area contributed by atoms with Crippen LogP contribution in [0.25, 0.3) is 0 Å². The van der Waals surface area contributed by atoms with Crippen molar-refractivity contribution in [1.82, 2.24) is 5.32 Å². The molecule has 0 saturated carbocycles. The molecule has 0 aliphatic heterocycles. The minimum absolute atomic E-state index is 0.295. The van der Waals surface area contributed by atoms with Crippen LogP contribution in [0, 0.1) is 0 Å². The molecule has 0 bridgehead atoms. The van der Waals surface area contributed by atoms with Crippen LogP contribution in [0.5, 0.6) is 11.5 Å². The third-order valence-electron chi connectivity index (χ3n) is 3.47. The lowest BCUT2D eigenvalue weighted by molar-refractivity contribution is 0.0601. The van der Waals surface area contributed by atoms with E-state index in [0.717, 1.165) is 5.56 Å². The van der Waals surface area contributed by atoms with Crippen LogP contribution < -0.4 is 20.1 Å². The lowest BCUT2D eigenvalue weighted by atomic mass is 10.1. The number of benzene rings is 2. The number of anilines is 1. The van der Waals surface area contributed by atoms with E-state index in [1.807, 2.05) is 30.3 Å². The Morgan fingerprint density at radius 2 is 1.68 bits per heavy atom. The van der Waals surface area contributed by atoms with E-state index in [2.05, 4.69) is 10.6 Å². The van der Waals surface area contributed by atoms with Crippen LogP contribution in [0.3, 0.4) is 0 Å². The SMILES string of the molecule is COC(=O)c1cc(OC)c(OC)cc1NC(=S)NCc1ccccc1. The Hall–Kier alpha value is -2.80. The van der Waals surface area contributed by atoms with Gasteiger partial charge in [-0.3, -0.25) is 0 Å². The standard InChI is InChI=1S/C18H20N2O4S/c1-22-15-9-13(17(21)24-3)14(10-16(15)23-2)20-18(25)19-11-12-7-5-4-6-8-12/h4-10H,11H2,1-3H3,(H2,19,20,25). The first-order valence-electron chi connectivity index (χ1n) is 7.52. The molecule has 2 rings (SSSR count). The number of thiocarbonyl (C=S) groups is 1. The molecule has 0 saturated heterocycles. The fourth-order valence-electron chi connectivity index (χ4n) is 2.21. The molecule has 0 aromatic heterocycles. The van der Waals surface area contributed by atoms with Gasteiger partial charge in [-0.2, -0.15) is 0 Å². The summed E-state index contributed by atoms with van der Waals surface area (Å²) in [6.07, 6.45) is 0. The molecule has 2 N–H and O–H groups in total. The number of rotatable bonds is 6. The first kappa shape index (κ1) is 18.5. The zero-order valence-corrected chi connectivity index (χ0v) is 15.1. The smallest absolute Gasteiger partial charge is 0.340 e. The molecule has 0 atom stereocenters. The normalized spacial score (nSPS) is 9.88. The first-order valence-corrected chi connectivity index (χ1v) is 7.93. The van der Waals surface area contributed by atoms with Gasteiger partial charge in [-0.15, -0.1) is 0 Å². The highest BCUT2D eigenvalue weighted by Crippen LogP contribution is 2.33. The van der Waals surface area contributed by atoms with Gasteiger partial charge in [0.1, 0.15) is 0 Å². The highest BCUT2D eigenvalue weighted by atomic mass is 32.1. The summed E-state index contributed by atoms with van der Waals surface area (Å²) < 4.78 is 15.3. The van der Waals surface area contributed by atoms with Gasteiger partial charge in [-0.25, -0.2) is 4.79 Å². The number of nitrogens with one attached hydrogen (secondary N) is 2. The van der Waals surface area contributed by atoms with Crippen LogP contribution in [0.4, 0.5) is 5.69 Å². The van der Waals surface area contributed by atoms with Crippen LogP contribution in [0.1, 0.15) is 15.9 Å². The number of methoxy groups -OCH3 is 3. The van der Waals surface area contributed by atoms with Gasteiger partial charge in [0.05, 0.1) is 32.6 Å². The van der Waals surface area contributed by atoms with Gasteiger partial charge in [-0.1, -0.05) is 30.3 Å². The van der Waals surface area contributed by atoms with Crippen molar-refractivity contribution in [2.75, 3.05) is 26.6 Å². The van der Waals surface area contributed by atoms with Gasteiger partial charge in [-0.05, 0) is 17.8 Å². The molecule has 0 amide bonds. The molecule has 7 heteroatoms. The highest BCUT2D eigenvalue weighted by Gasteiger charge is 2.18. The molecule has 0 aliphatic rings. The largest absolute Gasteiger partial charge is 0.493 e. The summed E-state index contributed by atoms with van der Waals surface area (Å²) in [5.41, 5.74) is 1.85. The van der Waals surface area contributed by atoms with Gasteiger partial charge >= 0.3 is 5.97 Å². The molecule has 6 nitrogen and oxygen atoms in total. The summed E-state index contributed by atoms with van der Waals surface area (Å²) in [6, 6.07) is 13.0. The van der Waals surface area contributed by atoms with E-state index in [0.29, 0.717) is 34.4 Å². The molecule has 0 aliphatic carbocycles. The third kappa shape index (κ3) is 4.84. The minimum Gasteiger partial charge on any atom is -0.493 e. The number of ether oxygens (including phenoxy) is 3. The van der Waals surface area contributed by atoms with E-state index in [9.17, 15) is 4.79 Å². The topological polar surface area (TPSA) is 68.8 Å². The van der Waals surface area contributed by atoms with Crippen LogP contribution in [-0.2, 0) is 11.3 Å². The third-order valence-corrected chi connectivity index (χ3v) is 3.72. The van der Waals surface area contributed by atoms with Crippen molar-refractivity contribution in [2.45, 2.75) is 6.54 Å². The molecule has 0 unspecified atom stereocenters. The molecule has 2 aromatic rings. The fraction of sp³-hybridized carbons (Fsp3) is 0.222. The Morgan fingerprint density at radius 3 is 2.28 bits per heavy atom. The minimum atomic E-state index is -0.505. The maximum absolute atomic E-state index is 12.0. The average Bonchev–Trinajstić information content (AvgIpc) is 2.66. The summed E-state index contributed by atoms with van der Waals surface area (Å²) in [7, 11) is 4.33. The predicted octanol–water partition coefficient (Wildman–Crippen LogP) is 2.98. The Morgan fingerprint density at radius 1 is 1.04 bits per heavy atom. The van der Waals surface area contributed by atoms with Gasteiger partial charge in [0.2, 0.25) is 0 Å². The molecular formula is C18H20N2O4S. The number of carbonyl (C=O) groups is 1. The number of carbonyl (C=O) groups excluding carboxylic acids is 1. The van der Waals surface area contributed by atoms with Crippen LogP contribution in [0.15, 0.2) is 42.5 Å². The summed E-state index contributed by atoms with van der Waals surface area (Å²) >= 11 is 5.31. The Labute approximate surface area is 152 Å². The van der Waals surface area contributed by atoms with Crippen LogP contribution in [-0.4, -0.2) is 32.4 Å². The number of hydrogen-bond donors (Lipinski definition) is 2. The van der Waals surface area contributed by atoms with Crippen molar-refractivity contribution in [2.24, 2.45) is 0 Å². The quantitative estimate of drug-likeness (QED) is 0.606. The van der Waals surface area contributed by atoms with E-state index in [1.54, 1.807) is 12.1 Å². The molecule has 132 valence electrons. The van der Waals surface area contributed by atoms with E-state index < -0.39 is 5.97 Å². The Kier molecular flexibility index (Phi) is 6.59. The number of esters is 1. The highest BCUT2D eigenvalue weighted by molar-refractivity contribution is 7.80. The monoisotopic (exact) mass is 360 g/mol. The fourth-order valence-corrected chi connectivity index (χ4v) is 2.39. The van der Waals surface area contributed by atoms with Gasteiger partial charge in [0.15, 0.2) is 16.6 Å². The molecule has 2 aromatic carbocycles. The van der Waals surface area contributed by atoms with E-state index >= 15 is 0 Å². The van der Waals surface area contributed by atoms with Crippen molar-refractivity contribution in [3.05, 3.63) is 53.6 Å². The predicted molar refractivity (Wildman–Crippen MR) is 100 cm³/mol.